The van der Waals surface area contributed by atoms with Crippen LogP contribution in [0.4, 0.5) is 0 Å². The van der Waals surface area contributed by atoms with Gasteiger partial charge in [0, 0.05) is 21.5 Å². The van der Waals surface area contributed by atoms with E-state index in [1.165, 1.54) is 23.0 Å². The molecule has 0 fully saturated rings. The molecule has 0 unspecified atom stereocenters. The number of hydrogen-bond acceptors (Lipinski definition) is 10. The summed E-state index contributed by atoms with van der Waals surface area (Å²) in [6.45, 7) is 9.92. The van der Waals surface area contributed by atoms with Gasteiger partial charge in [0.2, 0.25) is 0 Å². The van der Waals surface area contributed by atoms with Gasteiger partial charge in [0.15, 0.2) is 22.9 Å². The number of esters is 2. The van der Waals surface area contributed by atoms with Gasteiger partial charge in [0.25, 0.3) is 5.56 Å². The van der Waals surface area contributed by atoms with Gasteiger partial charge in [-0.2, -0.15) is 0 Å². The van der Waals surface area contributed by atoms with Gasteiger partial charge < -0.3 is 28.3 Å². The van der Waals surface area contributed by atoms with Crippen LogP contribution in [-0.4, -0.2) is 48.0 Å². The quantitative estimate of drug-likeness (QED) is 0.124. The molecule has 1 aliphatic heterocycles. The molecule has 1 atom stereocenters. The molecule has 0 spiro atoms. The van der Waals surface area contributed by atoms with E-state index in [1.54, 1.807) is 32.0 Å². The van der Waals surface area contributed by atoms with Gasteiger partial charge in [-0.1, -0.05) is 45.5 Å². The molecule has 13 heteroatoms. The molecule has 5 aromatic rings. The standard InChI is InChI=1S/C41H40BrN3O8S/c1-7-50-34-20-28(11-18-33(34)53-23-36(46)49-6)38-37(40(48)51-8-2)25(4)43-41-45(38)39(47)35(54-41)21-29-19-24(3)44(26(29)5)31-14-16-32(17-15-31)52-22-27-9-12-30(42)13-10-27/h9-21,38H,7-8,22-23H2,1-6H3/b35-21+/t38-/m1/s1. The Morgan fingerprint density at radius 2 is 1.65 bits per heavy atom. The largest absolute Gasteiger partial charge is 0.490 e. The third kappa shape index (κ3) is 8.07. The van der Waals surface area contributed by atoms with Crippen molar-refractivity contribution in [3.8, 4) is 22.9 Å². The van der Waals surface area contributed by atoms with Gasteiger partial charge in [0.05, 0.1) is 42.2 Å². The molecule has 0 radical (unpaired) electrons. The van der Waals surface area contributed by atoms with Gasteiger partial charge in [-0.15, -0.1) is 0 Å². The van der Waals surface area contributed by atoms with Gasteiger partial charge in [-0.25, -0.2) is 14.6 Å². The Bertz CT molecular complexity index is 2410. The van der Waals surface area contributed by atoms with Gasteiger partial charge in [0.1, 0.15) is 12.4 Å². The zero-order valence-corrected chi connectivity index (χ0v) is 33.2. The van der Waals surface area contributed by atoms with Crippen LogP contribution in [0.25, 0.3) is 11.8 Å². The SMILES string of the molecule is CCOC(=O)C1=C(C)N=c2s/c(=C/c3cc(C)n(-c4ccc(OCc5ccc(Br)cc5)cc4)c3C)c(=O)n2[C@@H]1c1ccc(OCC(=O)OC)c(OCC)c1. The molecule has 2 aromatic heterocycles. The maximum Gasteiger partial charge on any atom is 0.343 e. The van der Waals surface area contributed by atoms with Crippen molar-refractivity contribution in [3.05, 3.63) is 136 Å². The van der Waals surface area contributed by atoms with Crippen LogP contribution in [0.15, 0.2) is 98.3 Å². The van der Waals surface area contributed by atoms with Crippen molar-refractivity contribution in [1.82, 2.24) is 9.13 Å². The summed E-state index contributed by atoms with van der Waals surface area (Å²) >= 11 is 4.71. The zero-order valence-electron chi connectivity index (χ0n) is 30.8. The summed E-state index contributed by atoms with van der Waals surface area (Å²) in [5, 5.41) is 0. The highest BCUT2D eigenvalue weighted by atomic mass is 79.9. The third-order valence-electron chi connectivity index (χ3n) is 8.84. The highest BCUT2D eigenvalue weighted by Crippen LogP contribution is 2.36. The Morgan fingerprint density at radius 1 is 0.907 bits per heavy atom. The normalized spacial score (nSPS) is 14.0. The summed E-state index contributed by atoms with van der Waals surface area (Å²) in [6.07, 6.45) is 1.87. The molecule has 3 heterocycles. The number of allylic oxidation sites excluding steroid dienone is 1. The van der Waals surface area contributed by atoms with E-state index in [4.69, 9.17) is 28.7 Å². The van der Waals surface area contributed by atoms with Crippen LogP contribution in [0.1, 0.15) is 54.9 Å². The maximum absolute atomic E-state index is 14.4. The molecule has 0 saturated carbocycles. The predicted molar refractivity (Wildman–Crippen MR) is 209 cm³/mol. The second-order valence-corrected chi connectivity index (χ2v) is 14.3. The summed E-state index contributed by atoms with van der Waals surface area (Å²) in [5.41, 5.74) is 5.80. The number of rotatable bonds is 13. The van der Waals surface area contributed by atoms with E-state index in [0.717, 1.165) is 38.4 Å². The molecule has 0 aliphatic carbocycles. The lowest BCUT2D eigenvalue weighted by atomic mass is 9.95. The summed E-state index contributed by atoms with van der Waals surface area (Å²) < 4.78 is 32.9. The molecule has 0 N–H and O–H groups in total. The number of hydrogen-bond donors (Lipinski definition) is 0. The molecule has 6 rings (SSSR count). The molecule has 280 valence electrons. The van der Waals surface area contributed by atoms with E-state index < -0.39 is 18.0 Å². The molecular formula is C41H40BrN3O8S. The number of aryl methyl sites for hydroxylation is 1. The van der Waals surface area contributed by atoms with Gasteiger partial charge in [-0.3, -0.25) is 9.36 Å². The molecule has 1 aliphatic rings. The first-order valence-electron chi connectivity index (χ1n) is 17.4. The van der Waals surface area contributed by atoms with Crippen molar-refractivity contribution in [2.45, 2.75) is 47.3 Å². The number of ether oxygens (including phenoxy) is 5. The van der Waals surface area contributed by atoms with Crippen LogP contribution < -0.4 is 29.1 Å². The van der Waals surface area contributed by atoms with Crippen LogP contribution in [0, 0.1) is 13.8 Å². The number of nitrogens with zero attached hydrogens (tertiary/aromatic N) is 3. The lowest BCUT2D eigenvalue weighted by Gasteiger charge is -2.25. The van der Waals surface area contributed by atoms with E-state index in [1.807, 2.05) is 81.4 Å². The third-order valence-corrected chi connectivity index (χ3v) is 10.4. The lowest BCUT2D eigenvalue weighted by molar-refractivity contribution is -0.143. The Kier molecular flexibility index (Phi) is 11.9. The minimum atomic E-state index is -0.867. The number of carbonyl (C=O) groups excluding carboxylic acids is 2. The highest BCUT2D eigenvalue weighted by molar-refractivity contribution is 9.10. The van der Waals surface area contributed by atoms with Gasteiger partial charge >= 0.3 is 11.9 Å². The monoisotopic (exact) mass is 813 g/mol. The van der Waals surface area contributed by atoms with Crippen molar-refractivity contribution in [1.29, 1.82) is 0 Å². The molecular weight excluding hydrogens is 774 g/mol. The second-order valence-electron chi connectivity index (χ2n) is 12.4. The molecule has 11 nitrogen and oxygen atoms in total. The first-order chi connectivity index (χ1) is 26.0. The summed E-state index contributed by atoms with van der Waals surface area (Å²) in [7, 11) is 1.28. The first-order valence-corrected chi connectivity index (χ1v) is 19.0. The molecule has 54 heavy (non-hydrogen) atoms. The molecule has 3 aromatic carbocycles. The van der Waals surface area contributed by atoms with Crippen molar-refractivity contribution in [2.24, 2.45) is 4.99 Å². The fraction of sp³-hybridized carbons (Fsp3) is 0.268. The second kappa shape index (κ2) is 16.7. The lowest BCUT2D eigenvalue weighted by Crippen LogP contribution is -2.40. The van der Waals surface area contributed by atoms with Crippen molar-refractivity contribution >= 4 is 45.3 Å². The van der Waals surface area contributed by atoms with Crippen molar-refractivity contribution in [2.75, 3.05) is 26.9 Å². The topological polar surface area (TPSA) is 120 Å². The average Bonchev–Trinajstić information content (AvgIpc) is 3.62. The maximum atomic E-state index is 14.4. The van der Waals surface area contributed by atoms with E-state index in [0.29, 0.717) is 45.3 Å². The molecule has 0 bridgehead atoms. The number of benzene rings is 3. The summed E-state index contributed by atoms with van der Waals surface area (Å²) in [6, 6.07) is 22.2. The average molecular weight is 815 g/mol. The van der Waals surface area contributed by atoms with E-state index in [-0.39, 0.29) is 24.3 Å². The zero-order chi connectivity index (χ0) is 38.5. The highest BCUT2D eigenvalue weighted by Gasteiger charge is 2.34. The summed E-state index contributed by atoms with van der Waals surface area (Å²) in [4.78, 5) is 44.8. The van der Waals surface area contributed by atoms with Crippen LogP contribution in [-0.2, 0) is 25.7 Å². The number of thiazole rings is 1. The summed E-state index contributed by atoms with van der Waals surface area (Å²) in [5.74, 6) is 0.295. The first kappa shape index (κ1) is 38.3. The Balaban J connectivity index is 1.36. The molecule has 0 saturated heterocycles. The number of methoxy groups -OCH3 is 1. The Labute approximate surface area is 324 Å². The number of aromatic nitrogens is 2. The fourth-order valence-electron chi connectivity index (χ4n) is 6.30. The predicted octanol–water partition coefficient (Wildman–Crippen LogP) is 6.50. The Hall–Kier alpha value is -5.40. The minimum Gasteiger partial charge on any atom is -0.490 e. The van der Waals surface area contributed by atoms with Crippen LogP contribution >= 0.6 is 27.3 Å². The van der Waals surface area contributed by atoms with E-state index >= 15 is 0 Å². The van der Waals surface area contributed by atoms with E-state index in [2.05, 4.69) is 20.5 Å². The van der Waals surface area contributed by atoms with Gasteiger partial charge in [-0.05, 0) is 112 Å². The van der Waals surface area contributed by atoms with Crippen LogP contribution in [0.5, 0.6) is 17.2 Å². The van der Waals surface area contributed by atoms with Crippen molar-refractivity contribution < 1.29 is 33.3 Å². The smallest absolute Gasteiger partial charge is 0.343 e. The van der Waals surface area contributed by atoms with Crippen molar-refractivity contribution in [3.63, 3.8) is 0 Å². The molecule has 0 amide bonds. The fourth-order valence-corrected chi connectivity index (χ4v) is 7.60. The number of halogens is 1. The van der Waals surface area contributed by atoms with Crippen LogP contribution in [0.3, 0.4) is 0 Å². The Morgan fingerprint density at radius 3 is 2.33 bits per heavy atom. The number of carbonyl (C=O) groups is 2. The minimum absolute atomic E-state index is 0.147. The number of fused-ring (bicyclic) bond motifs is 1. The van der Waals surface area contributed by atoms with Crippen LogP contribution in [0.2, 0.25) is 0 Å². The van der Waals surface area contributed by atoms with E-state index in [9.17, 15) is 14.4 Å².